The summed E-state index contributed by atoms with van der Waals surface area (Å²) in [5.74, 6) is 0.0968. The maximum atomic E-state index is 11.5. The zero-order valence-corrected chi connectivity index (χ0v) is 14.2. The zero-order chi connectivity index (χ0) is 13.3. The molecule has 0 aromatic heterocycles. The van der Waals surface area contributed by atoms with Gasteiger partial charge in [-0.2, -0.15) is 0 Å². The molecule has 0 atom stereocenters. The Morgan fingerprint density at radius 1 is 1.00 bits per heavy atom. The summed E-state index contributed by atoms with van der Waals surface area (Å²) in [5.41, 5.74) is 0. The van der Waals surface area contributed by atoms with Crippen LogP contribution in [0.5, 0.6) is 0 Å². The third-order valence-electron chi connectivity index (χ3n) is 2.51. The predicted molar refractivity (Wildman–Crippen MR) is 69.0 cm³/mol. The number of hydrogen-bond acceptors (Lipinski definition) is 4. The number of carbonyl (C=O) groups is 2. The number of Topliss-reactive ketones (excluding diaryl/α,β-unsaturated/α-hetero) is 1. The first-order valence-corrected chi connectivity index (χ1v) is 14.2. The Kier molecular flexibility index (Phi) is 8.86. The maximum absolute atomic E-state index is 11.5. The Balaban J connectivity index is 3.49. The van der Waals surface area contributed by atoms with Crippen LogP contribution >= 0.6 is 0 Å². The van der Waals surface area contributed by atoms with Gasteiger partial charge in [0.1, 0.15) is 0 Å². The third kappa shape index (κ3) is 10.8. The van der Waals surface area contributed by atoms with Gasteiger partial charge in [0, 0.05) is 0 Å². The van der Waals surface area contributed by atoms with E-state index in [0.29, 0.717) is 12.8 Å². The fraction of sp³-hybridized carbons (Fsp3) is 0.833. The number of hydrogen-bond donors (Lipinski definition) is 0. The first-order valence-electron chi connectivity index (χ1n) is 6.14. The zero-order valence-electron chi connectivity index (χ0n) is 11.4. The molecule has 0 unspecified atom stereocenters. The van der Waals surface area contributed by atoms with Crippen LogP contribution in [-0.2, 0) is 15.7 Å². The van der Waals surface area contributed by atoms with E-state index in [0.717, 1.165) is 25.7 Å². The van der Waals surface area contributed by atoms with E-state index in [2.05, 4.69) is 0 Å². The molecular weight excluding hydrogens is 327 g/mol. The van der Waals surface area contributed by atoms with Crippen molar-refractivity contribution in [3.8, 4) is 0 Å². The van der Waals surface area contributed by atoms with Crippen LogP contribution in [0.4, 0.5) is 0 Å². The molecular formula is C12H24O4Sn. The summed E-state index contributed by atoms with van der Waals surface area (Å²) in [6.45, 7) is 1.61. The molecule has 0 aliphatic carbocycles. The molecule has 0 heterocycles. The van der Waals surface area contributed by atoms with E-state index in [1.807, 2.05) is 9.88 Å². The van der Waals surface area contributed by atoms with Crippen molar-refractivity contribution < 1.29 is 15.7 Å². The average Bonchev–Trinajstić information content (AvgIpc) is 2.22. The van der Waals surface area contributed by atoms with Crippen LogP contribution in [0.1, 0.15) is 45.4 Å². The number of unbranched alkanes of at least 4 members (excludes halogenated alkanes) is 3. The fourth-order valence-corrected chi connectivity index (χ4v) is 3.46. The van der Waals surface area contributed by atoms with Gasteiger partial charge < -0.3 is 0 Å². The molecule has 0 saturated heterocycles. The Morgan fingerprint density at radius 3 is 2.00 bits per heavy atom. The van der Waals surface area contributed by atoms with E-state index in [1.165, 1.54) is 0 Å². The van der Waals surface area contributed by atoms with E-state index in [1.54, 1.807) is 14.0 Å². The molecule has 0 aromatic rings. The van der Waals surface area contributed by atoms with Crippen LogP contribution in [0.2, 0.25) is 9.88 Å². The number of carbonyl (C=O) groups excluding carboxylic acids is 2. The molecule has 0 aromatic carbocycles. The molecule has 0 bridgehead atoms. The molecule has 17 heavy (non-hydrogen) atoms. The SMILES string of the molecule is C[O][Sn]([CH3])([CH3])[O]C(=O)CCCCCCC(C)=O. The van der Waals surface area contributed by atoms with Crippen molar-refractivity contribution in [2.75, 3.05) is 7.11 Å². The first kappa shape index (κ1) is 16.9. The van der Waals surface area contributed by atoms with Crippen molar-refractivity contribution in [2.45, 2.75) is 55.3 Å². The van der Waals surface area contributed by atoms with Gasteiger partial charge in [-0.25, -0.2) is 0 Å². The first-order chi connectivity index (χ1) is 7.87. The summed E-state index contributed by atoms with van der Waals surface area (Å²) in [4.78, 5) is 26.0. The van der Waals surface area contributed by atoms with E-state index in [9.17, 15) is 9.59 Å². The van der Waals surface area contributed by atoms with Crippen LogP contribution in [0.25, 0.3) is 0 Å². The Hall–Kier alpha value is -0.101. The standard InChI is InChI=1S/C9H16O3.CH3O.2CH3.Sn/c1-8(10)6-4-2-3-5-7-9(11)12;1-2;;;/h2-7H2,1H3,(H,11,12);1H3;2*1H3;/q;-1;;;+2/p-1. The number of ketones is 1. The van der Waals surface area contributed by atoms with Crippen LogP contribution in [0, 0.1) is 0 Å². The van der Waals surface area contributed by atoms with Gasteiger partial charge >= 0.3 is 109 Å². The molecule has 5 heteroatoms. The van der Waals surface area contributed by atoms with Crippen LogP contribution in [0.15, 0.2) is 0 Å². The van der Waals surface area contributed by atoms with Crippen molar-refractivity contribution in [1.29, 1.82) is 0 Å². The average molecular weight is 351 g/mol. The third-order valence-corrected chi connectivity index (χ3v) is 7.37. The molecule has 0 saturated carbocycles. The topological polar surface area (TPSA) is 52.6 Å². The van der Waals surface area contributed by atoms with Gasteiger partial charge in [-0.3, -0.25) is 0 Å². The van der Waals surface area contributed by atoms with Crippen molar-refractivity contribution in [1.82, 2.24) is 0 Å². The molecule has 0 aliphatic heterocycles. The summed E-state index contributed by atoms with van der Waals surface area (Å²) in [5, 5.41) is 0. The van der Waals surface area contributed by atoms with Crippen molar-refractivity contribution >= 4 is 31.0 Å². The van der Waals surface area contributed by atoms with Crippen LogP contribution < -0.4 is 0 Å². The van der Waals surface area contributed by atoms with E-state index >= 15 is 0 Å². The molecule has 0 radical (unpaired) electrons. The van der Waals surface area contributed by atoms with Gasteiger partial charge in [0.2, 0.25) is 0 Å². The molecule has 0 amide bonds. The molecule has 4 nitrogen and oxygen atoms in total. The van der Waals surface area contributed by atoms with Crippen molar-refractivity contribution in [3.63, 3.8) is 0 Å². The van der Waals surface area contributed by atoms with Gasteiger partial charge in [-0.05, 0) is 0 Å². The second-order valence-electron chi connectivity index (χ2n) is 4.69. The fourth-order valence-electron chi connectivity index (χ4n) is 1.36. The normalized spacial score (nSPS) is 11.3. The second-order valence-corrected chi connectivity index (χ2v) is 14.4. The second kappa shape index (κ2) is 8.91. The molecule has 0 aliphatic rings. The predicted octanol–water partition coefficient (Wildman–Crippen LogP) is 2.81. The minimum atomic E-state index is -2.93. The molecule has 100 valence electrons. The van der Waals surface area contributed by atoms with Crippen LogP contribution in [-0.4, -0.2) is 38.1 Å². The molecule has 0 spiro atoms. The molecule has 0 rings (SSSR count). The summed E-state index contributed by atoms with van der Waals surface area (Å²) in [6.07, 6.45) is 4.85. The summed E-state index contributed by atoms with van der Waals surface area (Å²) in [7, 11) is 1.60. The minimum absolute atomic E-state index is 0.140. The van der Waals surface area contributed by atoms with Gasteiger partial charge in [-0.15, -0.1) is 0 Å². The monoisotopic (exact) mass is 352 g/mol. The van der Waals surface area contributed by atoms with Gasteiger partial charge in [0.25, 0.3) is 0 Å². The van der Waals surface area contributed by atoms with Gasteiger partial charge in [-0.1, -0.05) is 0 Å². The Bertz CT molecular complexity index is 251. The quantitative estimate of drug-likeness (QED) is 0.474. The van der Waals surface area contributed by atoms with Gasteiger partial charge in [0.15, 0.2) is 0 Å². The van der Waals surface area contributed by atoms with E-state index < -0.39 is 19.2 Å². The van der Waals surface area contributed by atoms with E-state index in [-0.39, 0.29) is 11.8 Å². The summed E-state index contributed by atoms with van der Waals surface area (Å²) >= 11 is -2.93. The van der Waals surface area contributed by atoms with Crippen molar-refractivity contribution in [2.24, 2.45) is 0 Å². The van der Waals surface area contributed by atoms with Crippen molar-refractivity contribution in [3.05, 3.63) is 0 Å². The molecule has 0 N–H and O–H groups in total. The molecule has 0 fully saturated rings. The Labute approximate surface area is 109 Å². The summed E-state index contributed by atoms with van der Waals surface area (Å²) in [6, 6.07) is 0. The number of rotatable bonds is 9. The van der Waals surface area contributed by atoms with Crippen LogP contribution in [0.3, 0.4) is 0 Å². The summed E-state index contributed by atoms with van der Waals surface area (Å²) < 4.78 is 10.5. The van der Waals surface area contributed by atoms with E-state index in [4.69, 9.17) is 6.15 Å². The van der Waals surface area contributed by atoms with Gasteiger partial charge in [0.05, 0.1) is 0 Å². The Morgan fingerprint density at radius 2 is 1.53 bits per heavy atom.